The molecule has 0 aliphatic carbocycles. The highest BCUT2D eigenvalue weighted by atomic mass is 35.5. The molecule has 2 aliphatic rings. The predicted molar refractivity (Wildman–Crippen MR) is 117 cm³/mol. The van der Waals surface area contributed by atoms with E-state index in [2.05, 4.69) is 36.7 Å². The van der Waals surface area contributed by atoms with Crippen LogP contribution in [0.3, 0.4) is 0 Å². The molecule has 0 amide bonds. The van der Waals surface area contributed by atoms with Gasteiger partial charge < -0.3 is 14.9 Å². The molecule has 0 bridgehead atoms. The zero-order valence-electron chi connectivity index (χ0n) is 17.4. The quantitative estimate of drug-likeness (QED) is 0.783. The van der Waals surface area contributed by atoms with E-state index in [9.17, 15) is 5.11 Å². The van der Waals surface area contributed by atoms with Gasteiger partial charge in [-0.2, -0.15) is 5.10 Å². The minimum atomic E-state index is 0. The summed E-state index contributed by atoms with van der Waals surface area (Å²) in [6.45, 7) is 9.19. The van der Waals surface area contributed by atoms with Gasteiger partial charge >= 0.3 is 0 Å². The van der Waals surface area contributed by atoms with Gasteiger partial charge in [-0.05, 0) is 25.7 Å². The van der Waals surface area contributed by atoms with Crippen LogP contribution in [0.4, 0.5) is 11.6 Å². The van der Waals surface area contributed by atoms with E-state index in [0.29, 0.717) is 12.5 Å². The number of hydrogen-bond donors (Lipinski definition) is 1. The number of anilines is 2. The number of nitrogens with zero attached hydrogens (tertiary/aromatic N) is 7. The molecule has 2 aliphatic heterocycles. The first kappa shape index (κ1) is 21.8. The van der Waals surface area contributed by atoms with Gasteiger partial charge in [0.25, 0.3) is 0 Å². The van der Waals surface area contributed by atoms with Crippen LogP contribution in [0.1, 0.15) is 24.1 Å². The fraction of sp³-hybridized carbons (Fsp3) is 0.650. The van der Waals surface area contributed by atoms with Crippen LogP contribution in [0.2, 0.25) is 0 Å². The smallest absolute Gasteiger partial charge is 0.172 e. The monoisotopic (exact) mass is 421 g/mol. The van der Waals surface area contributed by atoms with E-state index >= 15 is 0 Å². The maximum absolute atomic E-state index is 9.39. The van der Waals surface area contributed by atoms with Crippen molar-refractivity contribution in [2.45, 2.75) is 26.3 Å². The van der Waals surface area contributed by atoms with E-state index in [1.165, 1.54) is 11.3 Å². The van der Waals surface area contributed by atoms with Gasteiger partial charge in [-0.15, -0.1) is 12.4 Å². The van der Waals surface area contributed by atoms with Gasteiger partial charge in [0.05, 0.1) is 6.20 Å². The van der Waals surface area contributed by atoms with Crippen LogP contribution in [-0.2, 0) is 13.6 Å². The average molecular weight is 422 g/mol. The van der Waals surface area contributed by atoms with Gasteiger partial charge in [0.2, 0.25) is 0 Å². The Morgan fingerprint density at radius 3 is 2.07 bits per heavy atom. The van der Waals surface area contributed by atoms with Gasteiger partial charge in [0, 0.05) is 83.1 Å². The topological polar surface area (TPSA) is 73.6 Å². The normalized spacial score (nSPS) is 18.7. The predicted octanol–water partition coefficient (Wildman–Crippen LogP) is 1.47. The molecule has 0 saturated carbocycles. The Morgan fingerprint density at radius 1 is 0.966 bits per heavy atom. The molecular weight excluding hydrogens is 390 g/mol. The summed E-state index contributed by atoms with van der Waals surface area (Å²) in [5.41, 5.74) is 2.55. The molecule has 0 atom stereocenters. The molecule has 0 aromatic carbocycles. The first-order valence-electron chi connectivity index (χ1n) is 10.3. The third-order valence-corrected chi connectivity index (χ3v) is 6.24. The number of aryl methyl sites for hydroxylation is 1. The van der Waals surface area contributed by atoms with Gasteiger partial charge in [-0.1, -0.05) is 0 Å². The standard InChI is InChI=1S/C20H31N7O.ClH/c1-16-18(13-23-24(16)2)14-25-9-11-27(12-10-25)20-19(21-5-6-22-20)26-7-3-17(15-28)4-8-26;/h5-6,13,17,28H,3-4,7-12,14-15H2,1-2H3;1H. The highest BCUT2D eigenvalue weighted by molar-refractivity contribution is 5.85. The summed E-state index contributed by atoms with van der Waals surface area (Å²) in [5, 5.41) is 13.7. The van der Waals surface area contributed by atoms with E-state index in [-0.39, 0.29) is 12.4 Å². The van der Waals surface area contributed by atoms with Gasteiger partial charge in [-0.3, -0.25) is 9.58 Å². The molecule has 9 heteroatoms. The number of rotatable bonds is 5. The number of aliphatic hydroxyl groups is 1. The van der Waals surface area contributed by atoms with Crippen LogP contribution in [0.15, 0.2) is 18.6 Å². The summed E-state index contributed by atoms with van der Waals surface area (Å²) >= 11 is 0. The summed E-state index contributed by atoms with van der Waals surface area (Å²) < 4.78 is 1.94. The van der Waals surface area contributed by atoms with E-state index in [1.807, 2.05) is 17.9 Å². The molecule has 1 N–H and O–H groups in total. The number of piperazine rings is 1. The third-order valence-electron chi connectivity index (χ3n) is 6.24. The maximum Gasteiger partial charge on any atom is 0.172 e. The minimum Gasteiger partial charge on any atom is -0.396 e. The summed E-state index contributed by atoms with van der Waals surface area (Å²) in [4.78, 5) is 16.5. The zero-order chi connectivity index (χ0) is 19.5. The van der Waals surface area contributed by atoms with Crippen LogP contribution in [0, 0.1) is 12.8 Å². The van der Waals surface area contributed by atoms with Crippen molar-refractivity contribution < 1.29 is 5.11 Å². The number of piperidine rings is 1. The van der Waals surface area contributed by atoms with E-state index in [4.69, 9.17) is 0 Å². The van der Waals surface area contributed by atoms with Crippen molar-refractivity contribution in [3.05, 3.63) is 29.8 Å². The summed E-state index contributed by atoms with van der Waals surface area (Å²) in [6, 6.07) is 0. The summed E-state index contributed by atoms with van der Waals surface area (Å²) in [5.74, 6) is 2.42. The molecule has 2 saturated heterocycles. The molecule has 4 rings (SSSR count). The van der Waals surface area contributed by atoms with Crippen LogP contribution >= 0.6 is 12.4 Å². The number of hydrogen-bond acceptors (Lipinski definition) is 7. The lowest BCUT2D eigenvalue weighted by Gasteiger charge is -2.38. The highest BCUT2D eigenvalue weighted by Gasteiger charge is 2.26. The first-order valence-corrected chi connectivity index (χ1v) is 10.3. The van der Waals surface area contributed by atoms with Crippen LogP contribution in [0.25, 0.3) is 0 Å². The second-order valence-corrected chi connectivity index (χ2v) is 7.96. The van der Waals surface area contributed by atoms with Crippen LogP contribution < -0.4 is 9.80 Å². The average Bonchev–Trinajstić information content (AvgIpc) is 3.06. The number of aliphatic hydroxyl groups excluding tert-OH is 1. The Balaban J connectivity index is 0.00000240. The molecule has 8 nitrogen and oxygen atoms in total. The highest BCUT2D eigenvalue weighted by Crippen LogP contribution is 2.29. The Labute approximate surface area is 178 Å². The van der Waals surface area contributed by atoms with E-state index in [1.54, 1.807) is 12.4 Å². The molecule has 0 radical (unpaired) electrons. The van der Waals surface area contributed by atoms with Crippen molar-refractivity contribution in [3.8, 4) is 0 Å². The Morgan fingerprint density at radius 2 is 1.55 bits per heavy atom. The minimum absolute atomic E-state index is 0. The van der Waals surface area contributed by atoms with Crippen molar-refractivity contribution in [2.75, 3.05) is 55.7 Å². The van der Waals surface area contributed by atoms with Gasteiger partial charge in [0.1, 0.15) is 0 Å². The van der Waals surface area contributed by atoms with E-state index in [0.717, 1.165) is 70.3 Å². The molecule has 4 heterocycles. The SMILES string of the molecule is Cc1c(CN2CCN(c3nccnc3N3CCC(CO)CC3)CC2)cnn1C.Cl. The summed E-state index contributed by atoms with van der Waals surface area (Å²) in [6.07, 6.45) is 7.61. The molecule has 29 heavy (non-hydrogen) atoms. The van der Waals surface area contributed by atoms with Crippen LogP contribution in [-0.4, -0.2) is 75.6 Å². The molecule has 2 fully saturated rings. The van der Waals surface area contributed by atoms with Crippen molar-refractivity contribution in [1.29, 1.82) is 0 Å². The lowest BCUT2D eigenvalue weighted by Crippen LogP contribution is -2.47. The van der Waals surface area contributed by atoms with E-state index < -0.39 is 0 Å². The van der Waals surface area contributed by atoms with Gasteiger partial charge in [-0.25, -0.2) is 9.97 Å². The van der Waals surface area contributed by atoms with Crippen molar-refractivity contribution in [3.63, 3.8) is 0 Å². The molecular formula is C20H32ClN7O. The molecule has 160 valence electrons. The first-order chi connectivity index (χ1) is 13.7. The lowest BCUT2D eigenvalue weighted by molar-refractivity contribution is 0.202. The third kappa shape index (κ3) is 4.82. The largest absolute Gasteiger partial charge is 0.396 e. The number of aromatic nitrogens is 4. The molecule has 2 aromatic rings. The second-order valence-electron chi connectivity index (χ2n) is 7.96. The Bertz CT molecular complexity index is 783. The van der Waals surface area contributed by atoms with Gasteiger partial charge in [0.15, 0.2) is 11.6 Å². The summed E-state index contributed by atoms with van der Waals surface area (Å²) in [7, 11) is 2.00. The lowest BCUT2D eigenvalue weighted by atomic mass is 9.98. The number of halogens is 1. The zero-order valence-corrected chi connectivity index (χ0v) is 18.2. The molecule has 0 spiro atoms. The second kappa shape index (κ2) is 9.73. The van der Waals surface area contributed by atoms with Crippen molar-refractivity contribution >= 4 is 24.0 Å². The fourth-order valence-corrected chi connectivity index (χ4v) is 4.15. The Kier molecular flexibility index (Phi) is 7.32. The van der Waals surface area contributed by atoms with Crippen LogP contribution in [0.5, 0.6) is 0 Å². The maximum atomic E-state index is 9.39. The molecule has 2 aromatic heterocycles. The molecule has 0 unspecified atom stereocenters. The van der Waals surface area contributed by atoms with Crippen molar-refractivity contribution in [1.82, 2.24) is 24.6 Å². The van der Waals surface area contributed by atoms with Crippen molar-refractivity contribution in [2.24, 2.45) is 13.0 Å². The fourth-order valence-electron chi connectivity index (χ4n) is 4.15. The Hall–Kier alpha value is -1.90.